The largest absolute Gasteiger partial charge is 0.451 e. The van der Waals surface area contributed by atoms with Gasteiger partial charge < -0.3 is 19.1 Å². The minimum absolute atomic E-state index is 0.0326. The molecule has 1 atom stereocenters. The van der Waals surface area contributed by atoms with Crippen LogP contribution in [0, 0.1) is 0 Å². The van der Waals surface area contributed by atoms with Crippen LogP contribution in [-0.2, 0) is 11.2 Å². The average Bonchev–Trinajstić information content (AvgIpc) is 3.07. The van der Waals surface area contributed by atoms with Crippen molar-refractivity contribution in [2.75, 3.05) is 44.2 Å². The van der Waals surface area contributed by atoms with E-state index in [4.69, 9.17) is 21.9 Å². The summed E-state index contributed by atoms with van der Waals surface area (Å²) in [4.78, 5) is 59.1. The van der Waals surface area contributed by atoms with Gasteiger partial charge in [0.05, 0.1) is 10.9 Å². The van der Waals surface area contributed by atoms with Crippen molar-refractivity contribution in [3.05, 3.63) is 111 Å². The van der Waals surface area contributed by atoms with Gasteiger partial charge in [0.15, 0.2) is 11.2 Å². The van der Waals surface area contributed by atoms with Crippen LogP contribution in [0.3, 0.4) is 0 Å². The number of halogens is 1. The lowest BCUT2D eigenvalue weighted by Gasteiger charge is -2.39. The Hall–Kier alpha value is -4.67. The Kier molecular flexibility index (Phi) is 9.85. The van der Waals surface area contributed by atoms with E-state index in [0.29, 0.717) is 55.2 Å². The highest BCUT2D eigenvalue weighted by Gasteiger charge is 2.35. The van der Waals surface area contributed by atoms with Crippen LogP contribution in [-0.4, -0.2) is 77.8 Å². The van der Waals surface area contributed by atoms with E-state index in [2.05, 4.69) is 4.90 Å². The SMILES string of the molecule is CCN(CC)C(=O)c1ccccc1N1CCN(C(=O)[C@@H](Cc2ccc(Cl)cc2)N(N)C(=O)c2cc(=O)c3ccccc3o2)CC1. The van der Waals surface area contributed by atoms with Gasteiger partial charge in [0.25, 0.3) is 5.91 Å². The van der Waals surface area contributed by atoms with E-state index in [9.17, 15) is 19.2 Å². The highest BCUT2D eigenvalue weighted by Crippen LogP contribution is 2.25. The first-order chi connectivity index (χ1) is 21.7. The van der Waals surface area contributed by atoms with Crippen LogP contribution in [0.5, 0.6) is 0 Å². The Bertz CT molecular complexity index is 1750. The van der Waals surface area contributed by atoms with Crippen molar-refractivity contribution in [1.82, 2.24) is 14.8 Å². The number of fused-ring (bicyclic) bond motifs is 1. The number of para-hydroxylation sites is 2. The van der Waals surface area contributed by atoms with Gasteiger partial charge in [0.1, 0.15) is 11.6 Å². The van der Waals surface area contributed by atoms with Crippen molar-refractivity contribution in [1.29, 1.82) is 0 Å². The molecule has 4 aromatic rings. The van der Waals surface area contributed by atoms with Gasteiger partial charge in [0, 0.05) is 62.5 Å². The normalized spacial score (nSPS) is 13.9. The van der Waals surface area contributed by atoms with E-state index in [0.717, 1.165) is 22.3 Å². The highest BCUT2D eigenvalue weighted by atomic mass is 35.5. The number of anilines is 1. The summed E-state index contributed by atoms with van der Waals surface area (Å²) in [6.45, 7) is 6.81. The van der Waals surface area contributed by atoms with Gasteiger partial charge in [-0.2, -0.15) is 0 Å². The van der Waals surface area contributed by atoms with Crippen molar-refractivity contribution in [3.8, 4) is 0 Å². The molecule has 1 aliphatic rings. The Balaban J connectivity index is 1.37. The van der Waals surface area contributed by atoms with Crippen molar-refractivity contribution in [2.45, 2.75) is 26.3 Å². The molecule has 1 saturated heterocycles. The van der Waals surface area contributed by atoms with Gasteiger partial charge in [-0.1, -0.05) is 48.0 Å². The molecule has 1 aliphatic heterocycles. The van der Waals surface area contributed by atoms with E-state index in [-0.39, 0.29) is 35.0 Å². The Morgan fingerprint density at radius 2 is 1.53 bits per heavy atom. The first-order valence-electron chi connectivity index (χ1n) is 15.0. The minimum Gasteiger partial charge on any atom is -0.451 e. The molecule has 0 spiro atoms. The Morgan fingerprint density at radius 1 is 0.889 bits per heavy atom. The zero-order chi connectivity index (χ0) is 32.1. The third-order valence-corrected chi connectivity index (χ3v) is 8.41. The van der Waals surface area contributed by atoms with Gasteiger partial charge in [-0.15, -0.1) is 0 Å². The monoisotopic (exact) mass is 629 g/mol. The maximum atomic E-state index is 14.1. The Labute approximate surface area is 266 Å². The van der Waals surface area contributed by atoms with Crippen LogP contribution in [0.4, 0.5) is 5.69 Å². The molecular formula is C34H36ClN5O5. The number of amides is 3. The molecular weight excluding hydrogens is 594 g/mol. The summed E-state index contributed by atoms with van der Waals surface area (Å²) in [5.41, 5.74) is 2.06. The van der Waals surface area contributed by atoms with Gasteiger partial charge in [-0.3, -0.25) is 24.2 Å². The van der Waals surface area contributed by atoms with Crippen molar-refractivity contribution >= 4 is 46.0 Å². The summed E-state index contributed by atoms with van der Waals surface area (Å²) in [6.07, 6.45) is 0.122. The second-order valence-corrected chi connectivity index (χ2v) is 11.3. The smallest absolute Gasteiger partial charge is 0.304 e. The van der Waals surface area contributed by atoms with Crippen LogP contribution in [0.1, 0.15) is 40.3 Å². The number of piperazine rings is 1. The van der Waals surface area contributed by atoms with E-state index >= 15 is 0 Å². The lowest BCUT2D eigenvalue weighted by molar-refractivity contribution is -0.136. The van der Waals surface area contributed by atoms with E-state index in [1.807, 2.05) is 38.1 Å². The lowest BCUT2D eigenvalue weighted by Crippen LogP contribution is -2.58. The maximum absolute atomic E-state index is 14.1. The van der Waals surface area contributed by atoms with Crippen LogP contribution < -0.4 is 16.2 Å². The first-order valence-corrected chi connectivity index (χ1v) is 15.4. The van der Waals surface area contributed by atoms with Crippen molar-refractivity contribution in [3.63, 3.8) is 0 Å². The molecule has 2 N–H and O–H groups in total. The number of nitrogens with two attached hydrogens (primary N) is 1. The molecule has 1 aromatic heterocycles. The molecule has 45 heavy (non-hydrogen) atoms. The zero-order valence-electron chi connectivity index (χ0n) is 25.3. The third kappa shape index (κ3) is 6.87. The van der Waals surface area contributed by atoms with Crippen molar-refractivity contribution in [2.24, 2.45) is 5.84 Å². The molecule has 3 amide bonds. The second kappa shape index (κ2) is 14.0. The minimum atomic E-state index is -1.08. The van der Waals surface area contributed by atoms with Gasteiger partial charge in [0.2, 0.25) is 5.91 Å². The molecule has 0 saturated carbocycles. The third-order valence-electron chi connectivity index (χ3n) is 8.16. The molecule has 11 heteroatoms. The van der Waals surface area contributed by atoms with Crippen LogP contribution in [0.15, 0.2) is 88.1 Å². The summed E-state index contributed by atoms with van der Waals surface area (Å²) >= 11 is 6.08. The molecule has 0 aliphatic carbocycles. The molecule has 2 heterocycles. The molecule has 0 unspecified atom stereocenters. The highest BCUT2D eigenvalue weighted by molar-refractivity contribution is 6.30. The van der Waals surface area contributed by atoms with Crippen LogP contribution >= 0.6 is 11.6 Å². The predicted molar refractivity (Wildman–Crippen MR) is 174 cm³/mol. The summed E-state index contributed by atoms with van der Waals surface area (Å²) < 4.78 is 5.74. The molecule has 234 valence electrons. The number of hydrazine groups is 1. The predicted octanol–water partition coefficient (Wildman–Crippen LogP) is 4.20. The topological polar surface area (TPSA) is 120 Å². The molecule has 10 nitrogen and oxygen atoms in total. The number of hydrogen-bond acceptors (Lipinski definition) is 7. The van der Waals surface area contributed by atoms with E-state index in [1.165, 1.54) is 0 Å². The fraction of sp³-hybridized carbons (Fsp3) is 0.294. The molecule has 1 fully saturated rings. The second-order valence-electron chi connectivity index (χ2n) is 10.8. The first kappa shape index (κ1) is 31.7. The summed E-state index contributed by atoms with van der Waals surface area (Å²) in [5, 5.41) is 1.73. The summed E-state index contributed by atoms with van der Waals surface area (Å²) in [7, 11) is 0. The lowest BCUT2D eigenvalue weighted by atomic mass is 10.0. The average molecular weight is 630 g/mol. The number of nitrogens with zero attached hydrogens (tertiary/aromatic N) is 4. The van der Waals surface area contributed by atoms with Gasteiger partial charge in [-0.05, 0) is 55.8 Å². The number of carbonyl (C=O) groups is 3. The van der Waals surface area contributed by atoms with Crippen LogP contribution in [0.25, 0.3) is 11.0 Å². The number of rotatable bonds is 9. The summed E-state index contributed by atoms with van der Waals surface area (Å²) in [6, 6.07) is 21.1. The van der Waals surface area contributed by atoms with Gasteiger partial charge >= 0.3 is 5.91 Å². The molecule has 5 rings (SSSR count). The molecule has 0 radical (unpaired) electrons. The fourth-order valence-corrected chi connectivity index (χ4v) is 5.74. The molecule has 0 bridgehead atoms. The number of carbonyl (C=O) groups excluding carboxylic acids is 3. The number of benzene rings is 3. The zero-order valence-corrected chi connectivity index (χ0v) is 26.1. The van der Waals surface area contributed by atoms with Gasteiger partial charge in [-0.25, -0.2) is 5.84 Å². The van der Waals surface area contributed by atoms with Crippen LogP contribution in [0.2, 0.25) is 5.02 Å². The Morgan fingerprint density at radius 3 is 2.22 bits per heavy atom. The fourth-order valence-electron chi connectivity index (χ4n) is 5.62. The van der Waals surface area contributed by atoms with E-state index in [1.54, 1.807) is 58.3 Å². The standard InChI is InChI=1S/C34H36ClN5O5/c1-3-37(4-2)32(42)25-9-5-7-11-27(25)38-17-19-39(20-18-38)33(43)28(21-23-13-15-24(35)16-14-23)40(36)34(44)31-22-29(41)26-10-6-8-12-30(26)45-31/h5-16,22,28H,3-4,17-21,36H2,1-2H3/t28-/m1/s1. The number of hydrogen-bond donors (Lipinski definition) is 1. The van der Waals surface area contributed by atoms with E-state index < -0.39 is 11.9 Å². The molecule has 3 aromatic carbocycles. The van der Waals surface area contributed by atoms with Crippen molar-refractivity contribution < 1.29 is 18.8 Å². The maximum Gasteiger partial charge on any atom is 0.304 e. The summed E-state index contributed by atoms with van der Waals surface area (Å²) in [5.74, 6) is 4.99. The quantitative estimate of drug-likeness (QED) is 0.167.